The Labute approximate surface area is 258 Å². The summed E-state index contributed by atoms with van der Waals surface area (Å²) in [7, 11) is 0. The molecule has 1 aromatic rings. The van der Waals surface area contributed by atoms with Gasteiger partial charge in [0.2, 0.25) is 0 Å². The van der Waals surface area contributed by atoms with Crippen LogP contribution in [-0.4, -0.2) is 0 Å². The van der Waals surface area contributed by atoms with Gasteiger partial charge in [-0.2, -0.15) is 26.3 Å². The number of rotatable bonds is 9. The Balaban J connectivity index is 2.27. The fourth-order valence-corrected chi connectivity index (χ4v) is 9.47. The van der Waals surface area contributed by atoms with Crippen LogP contribution < -0.4 is 0 Å². The third kappa shape index (κ3) is 5.75. The molecule has 44 heavy (non-hydrogen) atoms. The predicted octanol–water partition coefficient (Wildman–Crippen LogP) is 12.6. The van der Waals surface area contributed by atoms with E-state index >= 15 is 17.6 Å². The van der Waals surface area contributed by atoms with Crippen molar-refractivity contribution in [2.24, 2.45) is 23.2 Å². The summed E-state index contributed by atoms with van der Waals surface area (Å²) in [5, 5.41) is 0. The van der Waals surface area contributed by atoms with Gasteiger partial charge in [-0.25, -0.2) is 4.39 Å². The smallest absolute Gasteiger partial charge is 0.206 e. The van der Waals surface area contributed by atoms with Gasteiger partial charge >= 0.3 is 12.4 Å². The minimum atomic E-state index is -5.33. The molecular formula is C37H47F7. The van der Waals surface area contributed by atoms with Gasteiger partial charge in [-0.1, -0.05) is 84.3 Å². The third-order valence-electron chi connectivity index (χ3n) is 10.9. The topological polar surface area (TPSA) is 0 Å². The highest BCUT2D eigenvalue weighted by Gasteiger charge is 2.64. The average Bonchev–Trinajstić information content (AvgIpc) is 3.27. The van der Waals surface area contributed by atoms with Crippen molar-refractivity contribution < 1.29 is 30.7 Å². The Bertz CT molecular complexity index is 1320. The molecule has 0 amide bonds. The molecule has 4 unspecified atom stereocenters. The molecule has 2 bridgehead atoms. The number of alkyl halides is 6. The van der Waals surface area contributed by atoms with E-state index in [1.807, 2.05) is 39.8 Å². The second-order valence-corrected chi connectivity index (χ2v) is 13.7. The van der Waals surface area contributed by atoms with Crippen LogP contribution in [0.4, 0.5) is 30.7 Å². The molecule has 0 N–H and O–H groups in total. The largest absolute Gasteiger partial charge is 0.419 e. The zero-order valence-electron chi connectivity index (χ0n) is 26.7. The molecule has 0 aromatic heterocycles. The quantitative estimate of drug-likeness (QED) is 0.146. The van der Waals surface area contributed by atoms with Crippen molar-refractivity contribution in [1.82, 2.24) is 0 Å². The highest BCUT2D eigenvalue weighted by molar-refractivity contribution is 5.83. The van der Waals surface area contributed by atoms with Crippen molar-refractivity contribution >= 4 is 5.57 Å². The Morgan fingerprint density at radius 2 is 1.66 bits per heavy atom. The van der Waals surface area contributed by atoms with Gasteiger partial charge in [0.25, 0.3) is 0 Å². The molecule has 4 atom stereocenters. The number of fused-ring (bicyclic) bond motifs is 7. The SMILES string of the molecule is C=CCc1c2c(c(C(F)(F)F)c(F)c1C(F)(F)F)C1(CC)CC(C)CC1(C(C)C)C1CC=CC(CCCCCC)=CC2=CC1. The van der Waals surface area contributed by atoms with Crippen molar-refractivity contribution in [3.05, 3.63) is 76.2 Å². The molecule has 244 valence electrons. The third-order valence-corrected chi connectivity index (χ3v) is 10.9. The van der Waals surface area contributed by atoms with Gasteiger partial charge in [0.15, 0.2) is 0 Å². The number of halogens is 7. The molecule has 0 aliphatic heterocycles. The van der Waals surface area contributed by atoms with Gasteiger partial charge in [-0.05, 0) is 102 Å². The molecule has 4 rings (SSSR count). The predicted molar refractivity (Wildman–Crippen MR) is 165 cm³/mol. The van der Waals surface area contributed by atoms with Crippen LogP contribution >= 0.6 is 0 Å². The summed E-state index contributed by atoms with van der Waals surface area (Å²) in [6.07, 6.45) is 5.01. The fourth-order valence-electron chi connectivity index (χ4n) is 9.47. The second-order valence-electron chi connectivity index (χ2n) is 13.7. The van der Waals surface area contributed by atoms with Gasteiger partial charge < -0.3 is 0 Å². The summed E-state index contributed by atoms with van der Waals surface area (Å²) in [5.41, 5.74) is -4.97. The van der Waals surface area contributed by atoms with Gasteiger partial charge in [-0.15, -0.1) is 6.58 Å². The van der Waals surface area contributed by atoms with Crippen LogP contribution in [0, 0.1) is 29.0 Å². The lowest BCUT2D eigenvalue weighted by atomic mass is 9.48. The first-order valence-corrected chi connectivity index (χ1v) is 16.3. The molecule has 0 spiro atoms. The first kappa shape index (κ1) is 34.6. The maximum absolute atomic E-state index is 16.4. The number of allylic oxidation sites excluding steroid dienone is 7. The zero-order valence-corrected chi connectivity index (χ0v) is 26.7. The van der Waals surface area contributed by atoms with Gasteiger partial charge in [0.1, 0.15) is 5.82 Å². The molecule has 0 saturated heterocycles. The lowest BCUT2D eigenvalue weighted by Gasteiger charge is -2.56. The van der Waals surface area contributed by atoms with E-state index in [1.165, 1.54) is 6.08 Å². The molecule has 1 saturated carbocycles. The number of benzene rings is 1. The van der Waals surface area contributed by atoms with E-state index < -0.39 is 52.1 Å². The Morgan fingerprint density at radius 3 is 2.23 bits per heavy atom. The van der Waals surface area contributed by atoms with Crippen molar-refractivity contribution in [2.45, 2.75) is 123 Å². The van der Waals surface area contributed by atoms with Crippen molar-refractivity contribution in [1.29, 1.82) is 0 Å². The summed E-state index contributed by atoms with van der Waals surface area (Å²) in [4.78, 5) is 0. The minimum Gasteiger partial charge on any atom is -0.206 e. The number of unbranched alkanes of at least 4 members (excludes halogenated alkanes) is 3. The van der Waals surface area contributed by atoms with E-state index in [-0.39, 0.29) is 35.3 Å². The van der Waals surface area contributed by atoms with Crippen LogP contribution in [0.15, 0.2) is 42.5 Å². The van der Waals surface area contributed by atoms with Crippen molar-refractivity contribution in [3.8, 4) is 0 Å². The zero-order chi connectivity index (χ0) is 32.7. The summed E-state index contributed by atoms with van der Waals surface area (Å²) < 4.78 is 106. The highest BCUT2D eigenvalue weighted by Crippen LogP contribution is 2.69. The molecule has 7 heteroatoms. The summed E-state index contributed by atoms with van der Waals surface area (Å²) in [6, 6.07) is 0. The molecule has 0 nitrogen and oxygen atoms in total. The number of hydrogen-bond acceptors (Lipinski definition) is 0. The van der Waals surface area contributed by atoms with Gasteiger partial charge in [0, 0.05) is 5.41 Å². The fraction of sp³-hybridized carbons (Fsp3) is 0.622. The van der Waals surface area contributed by atoms with E-state index in [2.05, 4.69) is 19.6 Å². The summed E-state index contributed by atoms with van der Waals surface area (Å²) >= 11 is 0. The van der Waals surface area contributed by atoms with Crippen LogP contribution in [0.25, 0.3) is 5.57 Å². The Hall–Kier alpha value is -2.31. The first-order valence-electron chi connectivity index (χ1n) is 16.3. The second kappa shape index (κ2) is 12.8. The van der Waals surface area contributed by atoms with Gasteiger partial charge in [0.05, 0.1) is 11.1 Å². The lowest BCUT2D eigenvalue weighted by molar-refractivity contribution is -0.149. The van der Waals surface area contributed by atoms with Crippen molar-refractivity contribution in [3.63, 3.8) is 0 Å². The molecule has 3 aliphatic rings. The van der Waals surface area contributed by atoms with Crippen LogP contribution in [-0.2, 0) is 24.2 Å². The van der Waals surface area contributed by atoms with E-state index in [9.17, 15) is 13.2 Å². The molecule has 3 aliphatic carbocycles. The van der Waals surface area contributed by atoms with Crippen LogP contribution in [0.5, 0.6) is 0 Å². The summed E-state index contributed by atoms with van der Waals surface area (Å²) in [5.74, 6) is -2.34. The number of hydrogen-bond donors (Lipinski definition) is 0. The Kier molecular flexibility index (Phi) is 10.1. The van der Waals surface area contributed by atoms with Crippen molar-refractivity contribution in [2.75, 3.05) is 0 Å². The Morgan fingerprint density at radius 1 is 0.977 bits per heavy atom. The lowest BCUT2D eigenvalue weighted by Crippen LogP contribution is -2.52. The molecule has 0 radical (unpaired) electrons. The monoisotopic (exact) mass is 624 g/mol. The maximum Gasteiger partial charge on any atom is 0.419 e. The molecule has 1 aromatic carbocycles. The van der Waals surface area contributed by atoms with Crippen LogP contribution in [0.1, 0.15) is 127 Å². The molecular weight excluding hydrogens is 577 g/mol. The minimum absolute atomic E-state index is 0.0140. The van der Waals surface area contributed by atoms with E-state index in [0.717, 1.165) is 31.3 Å². The standard InChI is InChI=1S/C37H47F7/c1-7-10-11-12-15-25-16-13-17-27-19-18-26(20-25)29-28(14-8-2)30(36(39,40)41)33(38)32(37(42,43)44)31(29)34(9-3)21-24(6)22-35(27,34)23(4)5/h8,13,16,18,20,23-24,27H,2,7,9-12,14-15,17,19,21-22H2,1,3-6H3. The first-order chi connectivity index (χ1) is 20.6. The van der Waals surface area contributed by atoms with E-state index in [4.69, 9.17) is 0 Å². The highest BCUT2D eigenvalue weighted by atomic mass is 19.4. The maximum atomic E-state index is 16.4. The van der Waals surface area contributed by atoms with Crippen LogP contribution in [0.3, 0.4) is 0 Å². The molecule has 1 fully saturated rings. The summed E-state index contributed by atoms with van der Waals surface area (Å²) in [6.45, 7) is 13.7. The van der Waals surface area contributed by atoms with E-state index in [1.54, 1.807) is 6.08 Å². The molecule has 0 heterocycles. The van der Waals surface area contributed by atoms with Gasteiger partial charge in [-0.3, -0.25) is 0 Å². The van der Waals surface area contributed by atoms with E-state index in [0.29, 0.717) is 37.7 Å². The average molecular weight is 625 g/mol. The normalized spacial score (nSPS) is 27.1. The van der Waals surface area contributed by atoms with Crippen LogP contribution in [0.2, 0.25) is 0 Å².